The van der Waals surface area contributed by atoms with Gasteiger partial charge in [-0.2, -0.15) is 5.26 Å². The molecule has 3 N–H and O–H groups in total. The van der Waals surface area contributed by atoms with Crippen LogP contribution in [0.4, 0.5) is 0 Å². The molecule has 0 radical (unpaired) electrons. The molecule has 0 amide bonds. The Labute approximate surface area is 154 Å². The SMILES string of the molecule is Cc1ccc(SCc2[nH]nc3c2[C@@H](c2ccco2)C(C#N)=C(N)O3)cc1. The molecule has 0 saturated heterocycles. The zero-order chi connectivity index (χ0) is 18.1. The summed E-state index contributed by atoms with van der Waals surface area (Å²) in [5.74, 6) is 1.32. The fraction of sp³-hybridized carbons (Fsp3) is 0.158. The van der Waals surface area contributed by atoms with Gasteiger partial charge in [0.15, 0.2) is 0 Å². The third kappa shape index (κ3) is 2.85. The van der Waals surface area contributed by atoms with Gasteiger partial charge in [0.2, 0.25) is 11.8 Å². The number of rotatable bonds is 4. The van der Waals surface area contributed by atoms with Crippen molar-refractivity contribution in [3.05, 3.63) is 76.7 Å². The molecule has 7 heteroatoms. The number of benzene rings is 1. The Morgan fingerprint density at radius 2 is 2.12 bits per heavy atom. The van der Waals surface area contributed by atoms with Crippen molar-refractivity contribution in [2.45, 2.75) is 23.5 Å². The highest BCUT2D eigenvalue weighted by molar-refractivity contribution is 7.98. The number of nitrogens with zero attached hydrogens (tertiary/aromatic N) is 2. The third-order valence-electron chi connectivity index (χ3n) is 4.25. The van der Waals surface area contributed by atoms with Gasteiger partial charge in [-0.1, -0.05) is 17.7 Å². The quantitative estimate of drug-likeness (QED) is 0.683. The molecule has 0 unspecified atom stereocenters. The van der Waals surface area contributed by atoms with Gasteiger partial charge >= 0.3 is 0 Å². The first-order valence-electron chi connectivity index (χ1n) is 8.05. The number of nitrogens with two attached hydrogens (primary N) is 1. The van der Waals surface area contributed by atoms with Crippen LogP contribution in [0.2, 0.25) is 0 Å². The van der Waals surface area contributed by atoms with Gasteiger partial charge in [0.05, 0.1) is 23.4 Å². The van der Waals surface area contributed by atoms with Crippen LogP contribution < -0.4 is 10.5 Å². The number of fused-ring (bicyclic) bond motifs is 1. The molecule has 130 valence electrons. The number of aromatic nitrogens is 2. The number of aryl methyl sites for hydroxylation is 1. The summed E-state index contributed by atoms with van der Waals surface area (Å²) in [4.78, 5) is 1.15. The molecule has 26 heavy (non-hydrogen) atoms. The van der Waals surface area contributed by atoms with E-state index in [0.29, 0.717) is 23.0 Å². The van der Waals surface area contributed by atoms with Gasteiger partial charge < -0.3 is 14.9 Å². The number of thioether (sulfide) groups is 1. The minimum absolute atomic E-state index is 0.0608. The molecule has 0 aliphatic carbocycles. The van der Waals surface area contributed by atoms with Crippen LogP contribution >= 0.6 is 11.8 Å². The minimum Gasteiger partial charge on any atom is -0.468 e. The van der Waals surface area contributed by atoms with Gasteiger partial charge in [0, 0.05) is 10.6 Å². The van der Waals surface area contributed by atoms with Gasteiger partial charge in [-0.05, 0) is 31.2 Å². The molecule has 0 spiro atoms. The highest BCUT2D eigenvalue weighted by Crippen LogP contribution is 2.44. The first-order valence-corrected chi connectivity index (χ1v) is 9.03. The van der Waals surface area contributed by atoms with Gasteiger partial charge in [-0.15, -0.1) is 16.9 Å². The van der Waals surface area contributed by atoms with Crippen LogP contribution in [0.25, 0.3) is 0 Å². The molecule has 1 aliphatic heterocycles. The first kappa shape index (κ1) is 16.4. The maximum atomic E-state index is 9.57. The number of nitrogens with one attached hydrogen (secondary N) is 1. The number of hydrogen-bond acceptors (Lipinski definition) is 6. The fourth-order valence-electron chi connectivity index (χ4n) is 2.95. The summed E-state index contributed by atoms with van der Waals surface area (Å²) in [6, 6.07) is 14.1. The van der Waals surface area contributed by atoms with E-state index in [-0.39, 0.29) is 5.88 Å². The van der Waals surface area contributed by atoms with Crippen molar-refractivity contribution in [1.82, 2.24) is 10.2 Å². The Kier molecular flexibility index (Phi) is 4.19. The van der Waals surface area contributed by atoms with Gasteiger partial charge in [-0.25, -0.2) is 0 Å². The molecule has 1 aliphatic rings. The zero-order valence-corrected chi connectivity index (χ0v) is 14.8. The topological polar surface area (TPSA) is 101 Å². The van der Waals surface area contributed by atoms with Crippen LogP contribution in [0.5, 0.6) is 5.88 Å². The molecule has 1 aromatic carbocycles. The third-order valence-corrected chi connectivity index (χ3v) is 5.29. The van der Waals surface area contributed by atoms with Crippen molar-refractivity contribution in [3.8, 4) is 11.9 Å². The van der Waals surface area contributed by atoms with E-state index in [1.807, 2.05) is 6.07 Å². The maximum absolute atomic E-state index is 9.57. The molecular formula is C19H16N4O2S. The summed E-state index contributed by atoms with van der Waals surface area (Å²) in [5.41, 5.74) is 9.15. The lowest BCUT2D eigenvalue weighted by molar-refractivity contribution is 0.371. The van der Waals surface area contributed by atoms with Crippen molar-refractivity contribution in [1.29, 1.82) is 5.26 Å². The van der Waals surface area contributed by atoms with E-state index in [1.165, 1.54) is 5.56 Å². The van der Waals surface area contributed by atoms with E-state index in [1.54, 1.807) is 24.1 Å². The number of hydrogen-bond donors (Lipinski definition) is 2. The van der Waals surface area contributed by atoms with Gasteiger partial charge in [0.1, 0.15) is 17.4 Å². The Balaban J connectivity index is 1.69. The Morgan fingerprint density at radius 1 is 1.31 bits per heavy atom. The summed E-state index contributed by atoms with van der Waals surface area (Å²) in [5, 5.41) is 16.8. The zero-order valence-electron chi connectivity index (χ0n) is 14.0. The van der Waals surface area contributed by atoms with Crippen LogP contribution in [0.1, 0.15) is 28.5 Å². The fourth-order valence-corrected chi connectivity index (χ4v) is 3.81. The molecule has 2 aromatic heterocycles. The number of aromatic amines is 1. The minimum atomic E-state index is -0.425. The number of H-pyrrole nitrogens is 1. The van der Waals surface area contributed by atoms with Crippen LogP contribution in [0.15, 0.2) is 63.4 Å². The highest BCUT2D eigenvalue weighted by atomic mass is 32.2. The van der Waals surface area contributed by atoms with E-state index >= 15 is 0 Å². The highest BCUT2D eigenvalue weighted by Gasteiger charge is 2.36. The monoisotopic (exact) mass is 364 g/mol. The van der Waals surface area contributed by atoms with E-state index in [9.17, 15) is 5.26 Å². The van der Waals surface area contributed by atoms with Crippen molar-refractivity contribution >= 4 is 11.8 Å². The maximum Gasteiger partial charge on any atom is 0.244 e. The average molecular weight is 364 g/mol. The molecule has 0 bridgehead atoms. The smallest absolute Gasteiger partial charge is 0.244 e. The molecule has 3 aromatic rings. The number of allylic oxidation sites excluding steroid dienone is 1. The molecule has 0 fully saturated rings. The van der Waals surface area contributed by atoms with Gasteiger partial charge in [0.25, 0.3) is 0 Å². The molecule has 4 rings (SSSR count). The second kappa shape index (κ2) is 6.65. The molecule has 1 atom stereocenters. The summed E-state index contributed by atoms with van der Waals surface area (Å²) in [6.07, 6.45) is 1.58. The lowest BCUT2D eigenvalue weighted by Gasteiger charge is -2.22. The van der Waals surface area contributed by atoms with Crippen molar-refractivity contribution in [2.24, 2.45) is 5.73 Å². The summed E-state index contributed by atoms with van der Waals surface area (Å²) < 4.78 is 11.1. The first-order chi connectivity index (χ1) is 12.7. The van der Waals surface area contributed by atoms with E-state index in [2.05, 4.69) is 47.5 Å². The second-order valence-electron chi connectivity index (χ2n) is 5.96. The lowest BCUT2D eigenvalue weighted by atomic mass is 9.88. The molecule has 6 nitrogen and oxygen atoms in total. The summed E-state index contributed by atoms with van der Waals surface area (Å²) in [6.45, 7) is 2.06. The number of furan rings is 1. The van der Waals surface area contributed by atoms with Gasteiger partial charge in [-0.3, -0.25) is 5.10 Å². The van der Waals surface area contributed by atoms with E-state index < -0.39 is 5.92 Å². The van der Waals surface area contributed by atoms with E-state index in [0.717, 1.165) is 16.2 Å². The predicted molar refractivity (Wildman–Crippen MR) is 97.3 cm³/mol. The van der Waals surface area contributed by atoms with Crippen molar-refractivity contribution in [2.75, 3.05) is 0 Å². The Hall–Kier alpha value is -3.11. The standard InChI is InChI=1S/C19H16N4O2S/c1-11-4-6-12(7-5-11)26-10-14-17-16(15-3-2-8-24-15)13(9-20)18(21)25-19(17)23-22-14/h2-8,16H,10,21H2,1H3,(H,22,23)/t16-/m1/s1. The van der Waals surface area contributed by atoms with E-state index in [4.69, 9.17) is 14.9 Å². The molecular weight excluding hydrogens is 348 g/mol. The number of ether oxygens (including phenoxy) is 1. The Bertz CT molecular complexity index is 997. The van der Waals surface area contributed by atoms with Crippen LogP contribution in [-0.2, 0) is 5.75 Å². The Morgan fingerprint density at radius 3 is 2.81 bits per heavy atom. The summed E-state index contributed by atoms with van der Waals surface area (Å²) >= 11 is 1.68. The normalized spacial score (nSPS) is 16.1. The van der Waals surface area contributed by atoms with Crippen LogP contribution in [-0.4, -0.2) is 10.2 Å². The average Bonchev–Trinajstić information content (AvgIpc) is 3.30. The van der Waals surface area contributed by atoms with Crippen molar-refractivity contribution < 1.29 is 9.15 Å². The number of nitriles is 1. The second-order valence-corrected chi connectivity index (χ2v) is 7.01. The van der Waals surface area contributed by atoms with Crippen LogP contribution in [0.3, 0.4) is 0 Å². The largest absolute Gasteiger partial charge is 0.468 e. The lowest BCUT2D eigenvalue weighted by Crippen LogP contribution is -2.21. The summed E-state index contributed by atoms with van der Waals surface area (Å²) in [7, 11) is 0. The van der Waals surface area contributed by atoms with Crippen LogP contribution in [0, 0.1) is 18.3 Å². The predicted octanol–water partition coefficient (Wildman–Crippen LogP) is 3.82. The molecule has 3 heterocycles. The van der Waals surface area contributed by atoms with Crippen molar-refractivity contribution in [3.63, 3.8) is 0 Å². The molecule has 0 saturated carbocycles.